The average molecular weight is 233 g/mol. The quantitative estimate of drug-likeness (QED) is 0.704. The Bertz CT molecular complexity index is 228. The molecule has 1 amide bonds. The van der Waals surface area contributed by atoms with Crippen molar-refractivity contribution in [3.05, 3.63) is 0 Å². The Labute approximate surface area is 92.6 Å². The molecule has 2 N–H and O–H groups in total. The number of amides is 1. The number of hydrogen-bond acceptors (Lipinski definition) is 4. The number of carbonyl (C=O) groups excluding carboxylic acids is 1. The summed E-state index contributed by atoms with van der Waals surface area (Å²) in [6, 6.07) is 0.213. The molecule has 0 aliphatic carbocycles. The maximum Gasteiger partial charge on any atom is 0.329 e. The van der Waals surface area contributed by atoms with Crippen molar-refractivity contribution in [2.75, 3.05) is 24.7 Å². The van der Waals surface area contributed by atoms with Crippen molar-refractivity contribution in [3.8, 4) is 0 Å². The lowest BCUT2D eigenvalue weighted by molar-refractivity contribution is -0.143. The number of nitrogens with one attached hydrogen (secondary N) is 1. The molecule has 0 aromatic heterocycles. The summed E-state index contributed by atoms with van der Waals surface area (Å²) in [5, 5.41) is 11.1. The summed E-state index contributed by atoms with van der Waals surface area (Å²) >= 11 is 1.82. The highest BCUT2D eigenvalue weighted by Gasteiger charge is 2.15. The number of carbonyl (C=O) groups is 2. The van der Waals surface area contributed by atoms with Gasteiger partial charge in [0.05, 0.1) is 0 Å². The summed E-state index contributed by atoms with van der Waals surface area (Å²) < 4.78 is 4.68. The van der Waals surface area contributed by atoms with Crippen LogP contribution in [0.2, 0.25) is 0 Å². The third-order valence-corrected chi connectivity index (χ3v) is 3.20. The van der Waals surface area contributed by atoms with E-state index in [-0.39, 0.29) is 18.6 Å². The highest BCUT2D eigenvalue weighted by atomic mass is 32.2. The van der Waals surface area contributed by atoms with Crippen LogP contribution in [0.1, 0.15) is 12.8 Å². The van der Waals surface area contributed by atoms with Gasteiger partial charge in [0, 0.05) is 11.8 Å². The van der Waals surface area contributed by atoms with Crippen LogP contribution >= 0.6 is 11.8 Å². The molecule has 0 aromatic rings. The molecule has 0 spiro atoms. The number of hydrogen-bond donors (Lipinski definition) is 2. The molecule has 1 heterocycles. The summed E-state index contributed by atoms with van der Waals surface area (Å²) in [6.45, 7) is -0.597. The Kier molecular flexibility index (Phi) is 5.49. The van der Waals surface area contributed by atoms with E-state index in [2.05, 4.69) is 10.1 Å². The zero-order valence-corrected chi connectivity index (χ0v) is 9.22. The molecule has 0 saturated carbocycles. The third-order valence-electron chi connectivity index (χ3n) is 1.98. The van der Waals surface area contributed by atoms with E-state index in [1.165, 1.54) is 0 Å². The van der Waals surface area contributed by atoms with Crippen LogP contribution in [0.3, 0.4) is 0 Å². The van der Waals surface area contributed by atoms with E-state index in [0.29, 0.717) is 0 Å². The molecule has 0 radical (unpaired) electrons. The fourth-order valence-corrected chi connectivity index (χ4v) is 2.43. The van der Waals surface area contributed by atoms with Gasteiger partial charge in [0.25, 0.3) is 0 Å². The van der Waals surface area contributed by atoms with E-state index in [4.69, 9.17) is 5.11 Å². The standard InChI is InChI=1S/C9H15NO4S/c11-8(4-14-5-9(12)13)10-7-2-1-3-15-6-7/h7H,1-6H2,(H,10,11)(H,12,13). The number of rotatable bonds is 5. The Balaban J connectivity index is 2.09. The van der Waals surface area contributed by atoms with Gasteiger partial charge >= 0.3 is 5.97 Å². The maximum absolute atomic E-state index is 11.3. The Morgan fingerprint density at radius 1 is 1.47 bits per heavy atom. The number of ether oxygens (including phenoxy) is 1. The van der Waals surface area contributed by atoms with Gasteiger partial charge in [-0.15, -0.1) is 0 Å². The second-order valence-electron chi connectivity index (χ2n) is 3.37. The molecule has 1 rings (SSSR count). The summed E-state index contributed by atoms with van der Waals surface area (Å²) in [5.74, 6) is 0.798. The van der Waals surface area contributed by atoms with Crippen molar-refractivity contribution in [1.82, 2.24) is 5.32 Å². The number of carboxylic acid groups (broad SMARTS) is 1. The predicted molar refractivity (Wildman–Crippen MR) is 56.9 cm³/mol. The van der Waals surface area contributed by atoms with Gasteiger partial charge in [-0.05, 0) is 18.6 Å². The highest BCUT2D eigenvalue weighted by Crippen LogP contribution is 2.16. The molecule has 1 aliphatic rings. The first-order chi connectivity index (χ1) is 7.18. The van der Waals surface area contributed by atoms with Crippen LogP contribution in [0, 0.1) is 0 Å². The SMILES string of the molecule is O=C(O)COCC(=O)NC1CCCSC1. The second-order valence-corrected chi connectivity index (χ2v) is 4.52. The van der Waals surface area contributed by atoms with Crippen LogP contribution in [0.25, 0.3) is 0 Å². The minimum atomic E-state index is -1.06. The minimum absolute atomic E-state index is 0.173. The molecular weight excluding hydrogens is 218 g/mol. The van der Waals surface area contributed by atoms with Gasteiger partial charge in [-0.2, -0.15) is 11.8 Å². The summed E-state index contributed by atoms with van der Waals surface area (Å²) in [4.78, 5) is 21.4. The van der Waals surface area contributed by atoms with Crippen molar-refractivity contribution < 1.29 is 19.4 Å². The first-order valence-corrected chi connectivity index (χ1v) is 6.00. The molecule has 1 atom stereocenters. The summed E-state index contributed by atoms with van der Waals surface area (Å²) in [6.07, 6.45) is 2.11. The molecule has 1 fully saturated rings. The molecule has 1 saturated heterocycles. The topological polar surface area (TPSA) is 75.6 Å². The first kappa shape index (κ1) is 12.3. The zero-order valence-electron chi connectivity index (χ0n) is 8.40. The van der Waals surface area contributed by atoms with Gasteiger partial charge in [-0.1, -0.05) is 0 Å². The first-order valence-electron chi connectivity index (χ1n) is 4.85. The van der Waals surface area contributed by atoms with Gasteiger partial charge in [0.15, 0.2) is 0 Å². The average Bonchev–Trinajstić information content (AvgIpc) is 2.18. The van der Waals surface area contributed by atoms with E-state index in [0.717, 1.165) is 24.3 Å². The van der Waals surface area contributed by atoms with Gasteiger partial charge in [0.1, 0.15) is 13.2 Å². The van der Waals surface area contributed by atoms with Gasteiger partial charge in [-0.25, -0.2) is 4.79 Å². The monoisotopic (exact) mass is 233 g/mol. The normalized spacial score (nSPS) is 20.9. The number of carboxylic acids is 1. The largest absolute Gasteiger partial charge is 0.480 e. The van der Waals surface area contributed by atoms with Crippen LogP contribution in [0.15, 0.2) is 0 Å². The Morgan fingerprint density at radius 2 is 2.27 bits per heavy atom. The summed E-state index contributed by atoms with van der Waals surface area (Å²) in [5.41, 5.74) is 0. The number of thioether (sulfide) groups is 1. The van der Waals surface area contributed by atoms with Crippen molar-refractivity contribution in [2.24, 2.45) is 0 Å². The van der Waals surface area contributed by atoms with Crippen LogP contribution in [-0.2, 0) is 14.3 Å². The van der Waals surface area contributed by atoms with E-state index >= 15 is 0 Å². The fourth-order valence-electron chi connectivity index (χ4n) is 1.35. The maximum atomic E-state index is 11.3. The summed E-state index contributed by atoms with van der Waals surface area (Å²) in [7, 11) is 0. The molecule has 86 valence electrons. The fraction of sp³-hybridized carbons (Fsp3) is 0.778. The van der Waals surface area contributed by atoms with Crippen LogP contribution < -0.4 is 5.32 Å². The van der Waals surface area contributed by atoms with Crippen molar-refractivity contribution >= 4 is 23.6 Å². The lowest BCUT2D eigenvalue weighted by Gasteiger charge is -2.22. The Morgan fingerprint density at radius 3 is 2.87 bits per heavy atom. The van der Waals surface area contributed by atoms with Crippen LogP contribution in [0.4, 0.5) is 0 Å². The van der Waals surface area contributed by atoms with E-state index in [9.17, 15) is 9.59 Å². The zero-order chi connectivity index (χ0) is 11.1. The Hall–Kier alpha value is -0.750. The third kappa shape index (κ3) is 5.64. The van der Waals surface area contributed by atoms with Crippen LogP contribution in [-0.4, -0.2) is 47.7 Å². The van der Waals surface area contributed by atoms with Crippen molar-refractivity contribution in [3.63, 3.8) is 0 Å². The molecular formula is C9H15NO4S. The minimum Gasteiger partial charge on any atom is -0.480 e. The lowest BCUT2D eigenvalue weighted by atomic mass is 10.2. The number of aliphatic carboxylic acids is 1. The van der Waals surface area contributed by atoms with Crippen molar-refractivity contribution in [2.45, 2.75) is 18.9 Å². The smallest absolute Gasteiger partial charge is 0.329 e. The van der Waals surface area contributed by atoms with Gasteiger partial charge in [-0.3, -0.25) is 4.79 Å². The molecule has 0 bridgehead atoms. The molecule has 1 unspecified atom stereocenters. The molecule has 0 aromatic carbocycles. The predicted octanol–water partition coefficient (Wildman–Crippen LogP) is 0.0994. The van der Waals surface area contributed by atoms with E-state index < -0.39 is 12.6 Å². The molecule has 6 heteroatoms. The van der Waals surface area contributed by atoms with Crippen molar-refractivity contribution in [1.29, 1.82) is 0 Å². The van der Waals surface area contributed by atoms with Gasteiger partial charge < -0.3 is 15.2 Å². The van der Waals surface area contributed by atoms with E-state index in [1.54, 1.807) is 0 Å². The van der Waals surface area contributed by atoms with Gasteiger partial charge in [0.2, 0.25) is 5.91 Å². The van der Waals surface area contributed by atoms with E-state index in [1.807, 2.05) is 11.8 Å². The molecule has 15 heavy (non-hydrogen) atoms. The lowest BCUT2D eigenvalue weighted by Crippen LogP contribution is -2.40. The highest BCUT2D eigenvalue weighted by molar-refractivity contribution is 7.99. The molecule has 1 aliphatic heterocycles. The second kappa shape index (κ2) is 6.68. The van der Waals surface area contributed by atoms with Crippen LogP contribution in [0.5, 0.6) is 0 Å². The molecule has 5 nitrogen and oxygen atoms in total.